The van der Waals surface area contributed by atoms with E-state index in [0.29, 0.717) is 10.6 Å². The topological polar surface area (TPSA) is 46.2 Å². The van der Waals surface area contributed by atoms with E-state index < -0.39 is 10.7 Å². The quantitative estimate of drug-likeness (QED) is 0.633. The SMILES string of the molecule is O=C1NC(=O)C(c2ccccc2Cl)C1Br. The normalized spacial score (nSPS) is 25.5. The van der Waals surface area contributed by atoms with Gasteiger partial charge in [0.1, 0.15) is 4.83 Å². The first-order valence-electron chi connectivity index (χ1n) is 4.34. The molecule has 1 saturated heterocycles. The number of imide groups is 1. The molecule has 0 aromatic heterocycles. The summed E-state index contributed by atoms with van der Waals surface area (Å²) in [6.07, 6.45) is 0. The van der Waals surface area contributed by atoms with Gasteiger partial charge in [0, 0.05) is 5.02 Å². The lowest BCUT2D eigenvalue weighted by Gasteiger charge is -2.11. The molecule has 0 saturated carbocycles. The first-order valence-corrected chi connectivity index (χ1v) is 5.64. The van der Waals surface area contributed by atoms with Crippen molar-refractivity contribution in [1.29, 1.82) is 0 Å². The van der Waals surface area contributed by atoms with Crippen molar-refractivity contribution < 1.29 is 9.59 Å². The molecule has 1 aliphatic heterocycles. The average molecular weight is 289 g/mol. The van der Waals surface area contributed by atoms with Gasteiger partial charge in [0.2, 0.25) is 11.8 Å². The summed E-state index contributed by atoms with van der Waals surface area (Å²) in [6.45, 7) is 0. The van der Waals surface area contributed by atoms with E-state index in [9.17, 15) is 9.59 Å². The Morgan fingerprint density at radius 1 is 1.20 bits per heavy atom. The molecule has 2 unspecified atom stereocenters. The minimum atomic E-state index is -0.537. The Hall–Kier alpha value is -0.870. The van der Waals surface area contributed by atoms with Gasteiger partial charge in [-0.15, -0.1) is 0 Å². The van der Waals surface area contributed by atoms with Gasteiger partial charge >= 0.3 is 0 Å². The third-order valence-corrected chi connectivity index (χ3v) is 3.60. The Morgan fingerprint density at radius 2 is 1.87 bits per heavy atom. The molecule has 1 fully saturated rings. The van der Waals surface area contributed by atoms with Crippen LogP contribution < -0.4 is 5.32 Å². The van der Waals surface area contributed by atoms with Crippen molar-refractivity contribution in [2.24, 2.45) is 0 Å². The summed E-state index contributed by atoms with van der Waals surface area (Å²) in [5, 5.41) is 2.76. The highest BCUT2D eigenvalue weighted by atomic mass is 79.9. The van der Waals surface area contributed by atoms with E-state index in [1.54, 1.807) is 24.3 Å². The predicted octanol–water partition coefficient (Wildman–Crippen LogP) is 1.84. The average Bonchev–Trinajstić information content (AvgIpc) is 2.43. The first kappa shape index (κ1) is 10.6. The number of alkyl halides is 1. The lowest BCUT2D eigenvalue weighted by Crippen LogP contribution is -2.22. The summed E-state index contributed by atoms with van der Waals surface area (Å²) >= 11 is 9.16. The van der Waals surface area contributed by atoms with Crippen LogP contribution in [0.1, 0.15) is 11.5 Å². The van der Waals surface area contributed by atoms with Crippen LogP contribution in [0.15, 0.2) is 24.3 Å². The molecular formula is C10H7BrClNO2. The van der Waals surface area contributed by atoms with E-state index in [0.717, 1.165) is 0 Å². The molecule has 1 aromatic rings. The van der Waals surface area contributed by atoms with E-state index >= 15 is 0 Å². The highest BCUT2D eigenvalue weighted by molar-refractivity contribution is 9.10. The molecular weight excluding hydrogens is 281 g/mol. The van der Waals surface area contributed by atoms with Gasteiger partial charge in [-0.05, 0) is 11.6 Å². The minimum Gasteiger partial charge on any atom is -0.295 e. The van der Waals surface area contributed by atoms with Gasteiger partial charge in [-0.1, -0.05) is 45.7 Å². The maximum absolute atomic E-state index is 11.5. The van der Waals surface area contributed by atoms with Gasteiger partial charge < -0.3 is 0 Å². The number of hydrogen-bond acceptors (Lipinski definition) is 2. The van der Waals surface area contributed by atoms with Crippen LogP contribution >= 0.6 is 27.5 Å². The Kier molecular flexibility index (Phi) is 2.80. The number of halogens is 2. The molecule has 3 nitrogen and oxygen atoms in total. The smallest absolute Gasteiger partial charge is 0.241 e. The van der Waals surface area contributed by atoms with E-state index in [4.69, 9.17) is 11.6 Å². The molecule has 2 atom stereocenters. The maximum atomic E-state index is 11.5. The molecule has 5 heteroatoms. The van der Waals surface area contributed by atoms with Crippen LogP contribution in [0.5, 0.6) is 0 Å². The standard InChI is InChI=1S/C10H7BrClNO2/c11-8-7(9(14)13-10(8)15)5-3-1-2-4-6(5)12/h1-4,7-8H,(H,13,14,15). The maximum Gasteiger partial charge on any atom is 0.241 e. The van der Waals surface area contributed by atoms with Gasteiger partial charge in [-0.2, -0.15) is 0 Å². The summed E-state index contributed by atoms with van der Waals surface area (Å²) in [5.41, 5.74) is 0.671. The zero-order chi connectivity index (χ0) is 11.0. The molecule has 1 aromatic carbocycles. The zero-order valence-electron chi connectivity index (χ0n) is 7.54. The molecule has 0 aliphatic carbocycles. The molecule has 78 valence electrons. The van der Waals surface area contributed by atoms with Crippen LogP contribution in [0.25, 0.3) is 0 Å². The fourth-order valence-corrected chi connectivity index (χ4v) is 2.47. The minimum absolute atomic E-state index is 0.310. The zero-order valence-corrected chi connectivity index (χ0v) is 9.88. The van der Waals surface area contributed by atoms with E-state index in [2.05, 4.69) is 21.2 Å². The van der Waals surface area contributed by atoms with Gasteiger partial charge in [0.25, 0.3) is 0 Å². The molecule has 2 amide bonds. The van der Waals surface area contributed by atoms with Crippen LogP contribution in [0.3, 0.4) is 0 Å². The van der Waals surface area contributed by atoms with Crippen LogP contribution in [-0.2, 0) is 9.59 Å². The summed E-state index contributed by atoms with van der Waals surface area (Å²) in [5.74, 6) is -1.16. The largest absolute Gasteiger partial charge is 0.295 e. The lowest BCUT2D eigenvalue weighted by molar-refractivity contribution is -0.125. The van der Waals surface area contributed by atoms with Crippen LogP contribution in [0.2, 0.25) is 5.02 Å². The molecule has 15 heavy (non-hydrogen) atoms. The molecule has 1 heterocycles. The van der Waals surface area contributed by atoms with Crippen LogP contribution in [0, 0.1) is 0 Å². The monoisotopic (exact) mass is 287 g/mol. The summed E-state index contributed by atoms with van der Waals surface area (Å²) in [7, 11) is 0. The van der Waals surface area contributed by atoms with E-state index in [1.807, 2.05) is 0 Å². The summed E-state index contributed by atoms with van der Waals surface area (Å²) in [4.78, 5) is 22.2. The molecule has 0 spiro atoms. The third-order valence-electron chi connectivity index (χ3n) is 2.31. The second-order valence-electron chi connectivity index (χ2n) is 3.25. The summed E-state index contributed by atoms with van der Waals surface area (Å²) < 4.78 is 0. The highest BCUT2D eigenvalue weighted by Crippen LogP contribution is 2.33. The lowest BCUT2D eigenvalue weighted by atomic mass is 9.97. The molecule has 0 radical (unpaired) electrons. The van der Waals surface area contributed by atoms with Crippen LogP contribution in [0.4, 0.5) is 0 Å². The number of rotatable bonds is 1. The number of benzene rings is 1. The molecule has 1 aliphatic rings. The second-order valence-corrected chi connectivity index (χ2v) is 4.65. The fraction of sp³-hybridized carbons (Fsp3) is 0.200. The highest BCUT2D eigenvalue weighted by Gasteiger charge is 2.41. The summed E-state index contributed by atoms with van der Waals surface area (Å²) in [6, 6.07) is 7.02. The molecule has 0 bridgehead atoms. The van der Waals surface area contributed by atoms with Crippen molar-refractivity contribution in [1.82, 2.24) is 5.32 Å². The van der Waals surface area contributed by atoms with E-state index in [1.165, 1.54) is 0 Å². The van der Waals surface area contributed by atoms with Gasteiger partial charge in [-0.25, -0.2) is 0 Å². The number of nitrogens with one attached hydrogen (secondary N) is 1. The van der Waals surface area contributed by atoms with Crippen molar-refractivity contribution in [3.8, 4) is 0 Å². The number of carbonyl (C=O) groups excluding carboxylic acids is 2. The first-order chi connectivity index (χ1) is 7.11. The Bertz CT molecular complexity index is 435. The Balaban J connectivity index is 2.43. The van der Waals surface area contributed by atoms with Crippen molar-refractivity contribution in [3.63, 3.8) is 0 Å². The third kappa shape index (κ3) is 1.79. The van der Waals surface area contributed by atoms with Crippen molar-refractivity contribution in [2.45, 2.75) is 10.7 Å². The Labute approximate surface area is 99.9 Å². The van der Waals surface area contributed by atoms with Crippen molar-refractivity contribution in [3.05, 3.63) is 34.9 Å². The van der Waals surface area contributed by atoms with Gasteiger partial charge in [-0.3, -0.25) is 14.9 Å². The van der Waals surface area contributed by atoms with Gasteiger partial charge in [0.05, 0.1) is 5.92 Å². The molecule has 2 rings (SSSR count). The number of hydrogen-bond donors (Lipinski definition) is 1. The van der Waals surface area contributed by atoms with Crippen molar-refractivity contribution in [2.75, 3.05) is 0 Å². The van der Waals surface area contributed by atoms with E-state index in [-0.39, 0.29) is 11.8 Å². The van der Waals surface area contributed by atoms with Gasteiger partial charge in [0.15, 0.2) is 0 Å². The van der Waals surface area contributed by atoms with Crippen LogP contribution in [-0.4, -0.2) is 16.6 Å². The molecule has 1 N–H and O–H groups in total. The fourth-order valence-electron chi connectivity index (χ4n) is 1.58. The van der Waals surface area contributed by atoms with Crippen molar-refractivity contribution >= 4 is 39.3 Å². The second kappa shape index (κ2) is 3.94. The number of carbonyl (C=O) groups is 2. The predicted molar refractivity (Wildman–Crippen MR) is 60.1 cm³/mol. The Morgan fingerprint density at radius 3 is 2.40 bits per heavy atom. The number of amides is 2.